The third kappa shape index (κ3) is 6.63. The Morgan fingerprint density at radius 3 is 2.45 bits per heavy atom. The SMILES string of the molecule is CC(=O)SCC(=O)c1ccc(NS(=O)(=O)c2ccc(OCc3cccnc3)cc2)nc1. The summed E-state index contributed by atoms with van der Waals surface area (Å²) < 4.78 is 33.2. The maximum atomic E-state index is 12.6. The average Bonchev–Trinajstić information content (AvgIpc) is 2.77. The van der Waals surface area contributed by atoms with Crippen LogP contribution in [0.15, 0.2) is 72.0 Å². The highest BCUT2D eigenvalue weighted by molar-refractivity contribution is 8.14. The summed E-state index contributed by atoms with van der Waals surface area (Å²) in [6.07, 6.45) is 4.64. The number of aromatic nitrogens is 2. The first-order valence-electron chi connectivity index (χ1n) is 9.11. The zero-order chi connectivity index (χ0) is 22.3. The Morgan fingerprint density at radius 1 is 1.06 bits per heavy atom. The number of sulfonamides is 1. The third-order valence-corrected chi connectivity index (χ3v) is 6.18. The summed E-state index contributed by atoms with van der Waals surface area (Å²) in [5.41, 5.74) is 1.19. The maximum Gasteiger partial charge on any atom is 0.263 e. The van der Waals surface area contributed by atoms with Gasteiger partial charge in [-0.05, 0) is 42.5 Å². The van der Waals surface area contributed by atoms with Gasteiger partial charge in [-0.25, -0.2) is 13.4 Å². The monoisotopic (exact) mass is 457 g/mol. The van der Waals surface area contributed by atoms with Gasteiger partial charge in [0.1, 0.15) is 18.2 Å². The summed E-state index contributed by atoms with van der Waals surface area (Å²) in [4.78, 5) is 31.0. The number of nitrogens with one attached hydrogen (secondary N) is 1. The molecular formula is C21H19N3O5S2. The van der Waals surface area contributed by atoms with E-state index in [0.717, 1.165) is 17.3 Å². The number of ketones is 1. The molecular weight excluding hydrogens is 438 g/mol. The van der Waals surface area contributed by atoms with Crippen LogP contribution in [0.3, 0.4) is 0 Å². The second kappa shape index (κ2) is 10.2. The van der Waals surface area contributed by atoms with Crippen molar-refractivity contribution in [3.8, 4) is 5.75 Å². The van der Waals surface area contributed by atoms with E-state index in [1.54, 1.807) is 24.5 Å². The minimum Gasteiger partial charge on any atom is -0.489 e. The van der Waals surface area contributed by atoms with Gasteiger partial charge in [0.15, 0.2) is 10.9 Å². The van der Waals surface area contributed by atoms with Crippen molar-refractivity contribution >= 4 is 38.5 Å². The fourth-order valence-electron chi connectivity index (χ4n) is 2.43. The fourth-order valence-corrected chi connectivity index (χ4v) is 3.94. The van der Waals surface area contributed by atoms with Crippen LogP contribution in [0, 0.1) is 0 Å². The second-order valence-corrected chi connectivity index (χ2v) is 9.20. The van der Waals surface area contributed by atoms with E-state index in [-0.39, 0.29) is 27.4 Å². The summed E-state index contributed by atoms with van der Waals surface area (Å²) in [6, 6.07) is 12.5. The number of thioether (sulfide) groups is 1. The van der Waals surface area contributed by atoms with Crippen molar-refractivity contribution in [1.29, 1.82) is 0 Å². The highest BCUT2D eigenvalue weighted by Crippen LogP contribution is 2.20. The van der Waals surface area contributed by atoms with Gasteiger partial charge in [-0.2, -0.15) is 0 Å². The second-order valence-electron chi connectivity index (χ2n) is 6.36. The topological polar surface area (TPSA) is 115 Å². The van der Waals surface area contributed by atoms with Crippen LogP contribution in [0.1, 0.15) is 22.8 Å². The molecule has 0 saturated heterocycles. The maximum absolute atomic E-state index is 12.6. The molecule has 2 aromatic heterocycles. The molecule has 0 atom stereocenters. The van der Waals surface area contributed by atoms with Crippen molar-refractivity contribution in [3.05, 3.63) is 78.2 Å². The van der Waals surface area contributed by atoms with Gasteiger partial charge in [-0.15, -0.1) is 0 Å². The Labute approximate surface area is 184 Å². The van der Waals surface area contributed by atoms with Crippen LogP contribution < -0.4 is 9.46 Å². The van der Waals surface area contributed by atoms with Crippen molar-refractivity contribution < 1.29 is 22.7 Å². The highest BCUT2D eigenvalue weighted by atomic mass is 32.2. The molecule has 160 valence electrons. The molecule has 0 saturated carbocycles. The molecule has 2 heterocycles. The quantitative estimate of drug-likeness (QED) is 0.487. The van der Waals surface area contributed by atoms with Crippen molar-refractivity contribution in [2.45, 2.75) is 18.4 Å². The minimum atomic E-state index is -3.86. The predicted octanol–water partition coefficient (Wildman–Crippen LogP) is 3.32. The van der Waals surface area contributed by atoms with Crippen LogP contribution in [0.2, 0.25) is 0 Å². The first kappa shape index (κ1) is 22.4. The van der Waals surface area contributed by atoms with Crippen molar-refractivity contribution in [2.24, 2.45) is 0 Å². The summed E-state index contributed by atoms with van der Waals surface area (Å²) in [6.45, 7) is 1.70. The zero-order valence-corrected chi connectivity index (χ0v) is 18.2. The molecule has 0 aliphatic carbocycles. The van der Waals surface area contributed by atoms with Gasteiger partial charge in [-0.1, -0.05) is 17.8 Å². The molecule has 3 rings (SSSR count). The predicted molar refractivity (Wildman–Crippen MR) is 118 cm³/mol. The summed E-state index contributed by atoms with van der Waals surface area (Å²) >= 11 is 0.908. The van der Waals surface area contributed by atoms with Crippen LogP contribution in [0.4, 0.5) is 5.82 Å². The Morgan fingerprint density at radius 2 is 1.84 bits per heavy atom. The van der Waals surface area contributed by atoms with E-state index < -0.39 is 10.0 Å². The Hall–Kier alpha value is -3.24. The Bertz CT molecular complexity index is 1150. The summed E-state index contributed by atoms with van der Waals surface area (Å²) in [5.74, 6) is 0.348. The number of carbonyl (C=O) groups excluding carboxylic acids is 2. The first-order valence-corrected chi connectivity index (χ1v) is 11.6. The number of ether oxygens (including phenoxy) is 1. The molecule has 0 amide bonds. The number of Topliss-reactive ketones (excluding diaryl/α,β-unsaturated/α-hetero) is 1. The van der Waals surface area contributed by atoms with Crippen LogP contribution in [0.25, 0.3) is 0 Å². The van der Waals surface area contributed by atoms with Gasteiger partial charge in [0.2, 0.25) is 0 Å². The average molecular weight is 458 g/mol. The molecule has 0 spiro atoms. The number of nitrogens with zero attached hydrogens (tertiary/aromatic N) is 2. The van der Waals surface area contributed by atoms with Crippen LogP contribution in [-0.4, -0.2) is 35.0 Å². The number of hydrogen-bond donors (Lipinski definition) is 1. The molecule has 10 heteroatoms. The lowest BCUT2D eigenvalue weighted by Gasteiger charge is -2.09. The normalized spacial score (nSPS) is 11.0. The van der Waals surface area contributed by atoms with Gasteiger partial charge in [0.25, 0.3) is 10.0 Å². The van der Waals surface area contributed by atoms with E-state index in [2.05, 4.69) is 14.7 Å². The van der Waals surface area contributed by atoms with Gasteiger partial charge in [0, 0.05) is 36.6 Å². The number of hydrogen-bond acceptors (Lipinski definition) is 8. The molecule has 0 aliphatic rings. The summed E-state index contributed by atoms with van der Waals surface area (Å²) in [7, 11) is -3.86. The fraction of sp³-hybridized carbons (Fsp3) is 0.143. The molecule has 1 aromatic carbocycles. The number of pyridine rings is 2. The van der Waals surface area contributed by atoms with E-state index in [4.69, 9.17) is 4.74 Å². The number of carbonyl (C=O) groups is 2. The van der Waals surface area contributed by atoms with Gasteiger partial charge >= 0.3 is 0 Å². The minimum absolute atomic E-state index is 0.0112. The molecule has 3 aromatic rings. The van der Waals surface area contributed by atoms with E-state index >= 15 is 0 Å². The number of anilines is 1. The number of rotatable bonds is 9. The van der Waals surface area contributed by atoms with E-state index in [1.807, 2.05) is 12.1 Å². The van der Waals surface area contributed by atoms with E-state index in [1.165, 1.54) is 37.4 Å². The molecule has 0 fully saturated rings. The third-order valence-electron chi connectivity index (χ3n) is 3.99. The smallest absolute Gasteiger partial charge is 0.263 e. The van der Waals surface area contributed by atoms with Gasteiger partial charge < -0.3 is 4.74 Å². The van der Waals surface area contributed by atoms with Crippen LogP contribution in [-0.2, 0) is 21.4 Å². The first-order chi connectivity index (χ1) is 14.8. The molecule has 1 N–H and O–H groups in total. The van der Waals surface area contributed by atoms with E-state index in [9.17, 15) is 18.0 Å². The van der Waals surface area contributed by atoms with Gasteiger partial charge in [-0.3, -0.25) is 19.3 Å². The van der Waals surface area contributed by atoms with E-state index in [0.29, 0.717) is 17.9 Å². The lowest BCUT2D eigenvalue weighted by atomic mass is 10.2. The highest BCUT2D eigenvalue weighted by Gasteiger charge is 2.16. The van der Waals surface area contributed by atoms with Crippen LogP contribution >= 0.6 is 11.8 Å². The standard InChI is InChI=1S/C21H19N3O5S2/c1-15(25)30-14-20(26)17-4-9-21(23-12-17)24-31(27,28)19-7-5-18(6-8-19)29-13-16-3-2-10-22-11-16/h2-12H,13-14H2,1H3,(H,23,24). The van der Waals surface area contributed by atoms with Gasteiger partial charge in [0.05, 0.1) is 10.6 Å². The Balaban J connectivity index is 1.61. The molecule has 0 unspecified atom stereocenters. The van der Waals surface area contributed by atoms with Crippen LogP contribution in [0.5, 0.6) is 5.75 Å². The zero-order valence-electron chi connectivity index (χ0n) is 16.5. The lowest BCUT2D eigenvalue weighted by molar-refractivity contribution is -0.109. The van der Waals surface area contributed by atoms with Crippen molar-refractivity contribution in [2.75, 3.05) is 10.5 Å². The molecule has 0 bridgehead atoms. The molecule has 31 heavy (non-hydrogen) atoms. The Kier molecular flexibility index (Phi) is 7.37. The van der Waals surface area contributed by atoms with Crippen molar-refractivity contribution in [1.82, 2.24) is 9.97 Å². The molecule has 0 aliphatic heterocycles. The lowest BCUT2D eigenvalue weighted by Crippen LogP contribution is -2.14. The largest absolute Gasteiger partial charge is 0.489 e. The van der Waals surface area contributed by atoms with Crippen molar-refractivity contribution in [3.63, 3.8) is 0 Å². The number of benzene rings is 1. The molecule has 8 nitrogen and oxygen atoms in total. The molecule has 0 radical (unpaired) electrons. The summed E-state index contributed by atoms with van der Waals surface area (Å²) in [5, 5.41) is -0.154.